The van der Waals surface area contributed by atoms with E-state index in [2.05, 4.69) is 10.3 Å². The minimum atomic E-state index is -4.55. The first kappa shape index (κ1) is 19.2. The number of rotatable bonds is 5. The summed E-state index contributed by atoms with van der Waals surface area (Å²) in [6.45, 7) is 1.19. The Bertz CT molecular complexity index is 762. The number of carbonyl (C=O) groups excluding carboxylic acids is 1. The summed E-state index contributed by atoms with van der Waals surface area (Å²) in [5.74, 6) is 0. The molecule has 1 atom stereocenters. The van der Waals surface area contributed by atoms with Gasteiger partial charge in [0.15, 0.2) is 0 Å². The Morgan fingerprint density at radius 3 is 2.63 bits per heavy atom. The average molecular weight is 379 g/mol. The smallest absolute Gasteiger partial charge is 0.376 e. The van der Waals surface area contributed by atoms with E-state index in [1.54, 1.807) is 24.5 Å². The maximum Gasteiger partial charge on any atom is 0.418 e. The second kappa shape index (κ2) is 8.39. The highest BCUT2D eigenvalue weighted by atomic mass is 19.4. The highest BCUT2D eigenvalue weighted by Gasteiger charge is 2.34. The topological polar surface area (TPSA) is 54.5 Å². The molecule has 0 saturated carbocycles. The maximum absolute atomic E-state index is 13.2. The fraction of sp³-hybridized carbons (Fsp3) is 0.368. The molecule has 1 aliphatic heterocycles. The van der Waals surface area contributed by atoms with Gasteiger partial charge < -0.3 is 15.0 Å². The van der Waals surface area contributed by atoms with E-state index in [1.165, 1.54) is 23.1 Å². The van der Waals surface area contributed by atoms with Crippen LogP contribution in [0.4, 0.5) is 23.7 Å². The maximum atomic E-state index is 13.2. The number of nitrogens with one attached hydrogen (secondary N) is 1. The van der Waals surface area contributed by atoms with E-state index >= 15 is 0 Å². The normalized spacial score (nSPS) is 16.9. The lowest BCUT2D eigenvalue weighted by molar-refractivity contribution is -0.136. The van der Waals surface area contributed by atoms with E-state index in [0.29, 0.717) is 13.2 Å². The molecule has 2 amide bonds. The number of ether oxygens (including phenoxy) is 1. The first-order valence-electron chi connectivity index (χ1n) is 8.66. The molecule has 144 valence electrons. The van der Waals surface area contributed by atoms with Gasteiger partial charge in [-0.3, -0.25) is 4.98 Å². The van der Waals surface area contributed by atoms with E-state index in [4.69, 9.17) is 4.74 Å². The number of pyridine rings is 1. The summed E-state index contributed by atoms with van der Waals surface area (Å²) in [4.78, 5) is 18.2. The van der Waals surface area contributed by atoms with Gasteiger partial charge in [0.1, 0.15) is 0 Å². The predicted octanol–water partition coefficient (Wildman–Crippen LogP) is 4.31. The average Bonchev–Trinajstić information content (AvgIpc) is 3.15. The molecule has 2 aromatic rings. The summed E-state index contributed by atoms with van der Waals surface area (Å²) < 4.78 is 45.1. The number of amides is 2. The number of anilines is 1. The molecule has 1 aliphatic rings. The highest BCUT2D eigenvalue weighted by molar-refractivity contribution is 5.90. The molecule has 0 radical (unpaired) electrons. The molecule has 1 unspecified atom stereocenters. The van der Waals surface area contributed by atoms with Crippen LogP contribution < -0.4 is 5.32 Å². The van der Waals surface area contributed by atoms with Crippen LogP contribution in [0.2, 0.25) is 0 Å². The molecular weight excluding hydrogens is 359 g/mol. The van der Waals surface area contributed by atoms with Gasteiger partial charge in [0, 0.05) is 32.1 Å². The molecule has 1 saturated heterocycles. The molecule has 3 rings (SSSR count). The first-order valence-corrected chi connectivity index (χ1v) is 8.66. The SMILES string of the molecule is O=C(Nc1ccccc1C(F)(F)F)N(Cc1ccncc1)CC1CCCO1. The Labute approximate surface area is 155 Å². The molecule has 1 fully saturated rings. The number of nitrogens with zero attached hydrogens (tertiary/aromatic N) is 2. The molecule has 8 heteroatoms. The zero-order valence-electron chi connectivity index (χ0n) is 14.6. The number of alkyl halides is 3. The number of carbonyl (C=O) groups is 1. The second-order valence-electron chi connectivity index (χ2n) is 6.34. The van der Waals surface area contributed by atoms with Crippen molar-refractivity contribution >= 4 is 11.7 Å². The molecule has 2 heterocycles. The standard InChI is InChI=1S/C19H20F3N3O2/c20-19(21,22)16-5-1-2-6-17(16)24-18(26)25(13-15-4-3-11-27-15)12-14-7-9-23-10-8-14/h1-2,5-10,15H,3-4,11-13H2,(H,24,26). The van der Waals surface area contributed by atoms with E-state index < -0.39 is 17.8 Å². The minimum Gasteiger partial charge on any atom is -0.376 e. The number of halogens is 3. The van der Waals surface area contributed by atoms with E-state index in [0.717, 1.165) is 24.5 Å². The summed E-state index contributed by atoms with van der Waals surface area (Å²) in [6, 6.07) is 7.87. The van der Waals surface area contributed by atoms with Crippen molar-refractivity contribution in [3.8, 4) is 0 Å². The lowest BCUT2D eigenvalue weighted by Crippen LogP contribution is -2.40. The third-order valence-corrected chi connectivity index (χ3v) is 4.33. The number of hydrogen-bond donors (Lipinski definition) is 1. The lowest BCUT2D eigenvalue weighted by Gasteiger charge is -2.26. The third kappa shape index (κ3) is 5.19. The van der Waals surface area contributed by atoms with E-state index in [-0.39, 0.29) is 18.3 Å². The highest BCUT2D eigenvalue weighted by Crippen LogP contribution is 2.34. The summed E-state index contributed by atoms with van der Waals surface area (Å²) in [6.07, 6.45) is 0.280. The van der Waals surface area contributed by atoms with Gasteiger partial charge in [0.2, 0.25) is 0 Å². The first-order chi connectivity index (χ1) is 12.9. The molecule has 0 aliphatic carbocycles. The van der Waals surface area contributed by atoms with Gasteiger partial charge in [-0.1, -0.05) is 12.1 Å². The van der Waals surface area contributed by atoms with E-state index in [1.807, 2.05) is 0 Å². The lowest BCUT2D eigenvalue weighted by atomic mass is 10.1. The number of urea groups is 1. The number of hydrogen-bond acceptors (Lipinski definition) is 3. The third-order valence-electron chi connectivity index (χ3n) is 4.33. The molecular formula is C19H20F3N3O2. The fourth-order valence-corrected chi connectivity index (χ4v) is 3.00. The Balaban J connectivity index is 1.78. The number of para-hydroxylation sites is 1. The van der Waals surface area contributed by atoms with Crippen LogP contribution in [0.1, 0.15) is 24.0 Å². The Kier molecular flexibility index (Phi) is 5.95. The quantitative estimate of drug-likeness (QED) is 0.842. The summed E-state index contributed by atoms with van der Waals surface area (Å²) >= 11 is 0. The zero-order chi connectivity index (χ0) is 19.3. The van der Waals surface area contributed by atoms with Gasteiger partial charge in [-0.25, -0.2) is 4.79 Å². The minimum absolute atomic E-state index is 0.115. The van der Waals surface area contributed by atoms with Crippen LogP contribution in [0.5, 0.6) is 0 Å². The Morgan fingerprint density at radius 2 is 1.96 bits per heavy atom. The predicted molar refractivity (Wildman–Crippen MR) is 94.1 cm³/mol. The Morgan fingerprint density at radius 1 is 1.22 bits per heavy atom. The van der Waals surface area contributed by atoms with Crippen LogP contribution in [-0.2, 0) is 17.5 Å². The molecule has 0 spiro atoms. The van der Waals surface area contributed by atoms with Gasteiger partial charge in [-0.15, -0.1) is 0 Å². The molecule has 5 nitrogen and oxygen atoms in total. The van der Waals surface area contributed by atoms with Crippen molar-refractivity contribution in [2.75, 3.05) is 18.5 Å². The molecule has 27 heavy (non-hydrogen) atoms. The van der Waals surface area contributed by atoms with Crippen molar-refractivity contribution in [1.29, 1.82) is 0 Å². The van der Waals surface area contributed by atoms with Crippen LogP contribution >= 0.6 is 0 Å². The largest absolute Gasteiger partial charge is 0.418 e. The van der Waals surface area contributed by atoms with Crippen molar-refractivity contribution in [3.63, 3.8) is 0 Å². The summed E-state index contributed by atoms with van der Waals surface area (Å²) in [7, 11) is 0. The summed E-state index contributed by atoms with van der Waals surface area (Å²) in [5.41, 5.74) is -0.302. The van der Waals surface area contributed by atoms with Crippen LogP contribution in [-0.4, -0.2) is 35.2 Å². The van der Waals surface area contributed by atoms with Crippen molar-refractivity contribution in [3.05, 3.63) is 59.9 Å². The van der Waals surface area contributed by atoms with Gasteiger partial charge >= 0.3 is 12.2 Å². The monoisotopic (exact) mass is 379 g/mol. The molecule has 0 bridgehead atoms. The van der Waals surface area contributed by atoms with Gasteiger partial charge in [0.05, 0.1) is 17.4 Å². The second-order valence-corrected chi connectivity index (χ2v) is 6.34. The molecule has 1 aromatic heterocycles. The van der Waals surface area contributed by atoms with E-state index in [9.17, 15) is 18.0 Å². The Hall–Kier alpha value is -2.61. The zero-order valence-corrected chi connectivity index (χ0v) is 14.6. The van der Waals surface area contributed by atoms with Gasteiger partial charge in [0.25, 0.3) is 0 Å². The van der Waals surface area contributed by atoms with Crippen LogP contribution in [0.15, 0.2) is 48.8 Å². The number of aromatic nitrogens is 1. The van der Waals surface area contributed by atoms with Crippen molar-refractivity contribution in [1.82, 2.24) is 9.88 Å². The molecule has 1 aromatic carbocycles. The van der Waals surface area contributed by atoms with Crippen molar-refractivity contribution < 1.29 is 22.7 Å². The van der Waals surface area contributed by atoms with Crippen LogP contribution in [0, 0.1) is 0 Å². The van der Waals surface area contributed by atoms with Crippen LogP contribution in [0.3, 0.4) is 0 Å². The van der Waals surface area contributed by atoms with Crippen molar-refractivity contribution in [2.24, 2.45) is 0 Å². The van der Waals surface area contributed by atoms with Crippen molar-refractivity contribution in [2.45, 2.75) is 31.7 Å². The molecule has 1 N–H and O–H groups in total. The number of benzene rings is 1. The van der Waals surface area contributed by atoms with Gasteiger partial charge in [-0.05, 0) is 42.7 Å². The summed E-state index contributed by atoms with van der Waals surface area (Å²) in [5, 5.41) is 2.41. The van der Waals surface area contributed by atoms with Gasteiger partial charge in [-0.2, -0.15) is 13.2 Å². The fourth-order valence-electron chi connectivity index (χ4n) is 3.00. The van der Waals surface area contributed by atoms with Crippen LogP contribution in [0.25, 0.3) is 0 Å².